The van der Waals surface area contributed by atoms with E-state index in [-0.39, 0.29) is 11.3 Å². The predicted molar refractivity (Wildman–Crippen MR) is 68.6 cm³/mol. The fraction of sp³-hybridized carbons (Fsp3) is 0.923. The summed E-state index contributed by atoms with van der Waals surface area (Å²) < 4.78 is 5.59. The van der Waals surface area contributed by atoms with Gasteiger partial charge in [-0.15, -0.1) is 0 Å². The number of carbonyl (C=O) groups is 1. The van der Waals surface area contributed by atoms with Crippen LogP contribution in [0.25, 0.3) is 0 Å². The topological polar surface area (TPSA) is 64.3 Å². The van der Waals surface area contributed by atoms with E-state index in [9.17, 15) is 4.79 Å². The lowest BCUT2D eigenvalue weighted by Gasteiger charge is -2.27. The van der Waals surface area contributed by atoms with Gasteiger partial charge in [0.15, 0.2) is 0 Å². The van der Waals surface area contributed by atoms with Crippen LogP contribution in [-0.2, 0) is 9.53 Å². The second kappa shape index (κ2) is 5.83. The highest BCUT2D eigenvalue weighted by atomic mass is 16.5. The first-order valence-corrected chi connectivity index (χ1v) is 6.51. The lowest BCUT2D eigenvalue weighted by Crippen LogP contribution is -2.49. The largest absolute Gasteiger partial charge is 0.378 e. The molecule has 1 heterocycles. The molecule has 0 saturated carbocycles. The lowest BCUT2D eigenvalue weighted by molar-refractivity contribution is -0.124. The molecule has 2 unspecified atom stereocenters. The fourth-order valence-corrected chi connectivity index (χ4v) is 2.11. The van der Waals surface area contributed by atoms with Crippen LogP contribution in [0, 0.1) is 11.3 Å². The molecule has 0 aromatic carbocycles. The van der Waals surface area contributed by atoms with E-state index in [1.165, 1.54) is 0 Å². The Labute approximate surface area is 104 Å². The van der Waals surface area contributed by atoms with E-state index < -0.39 is 6.04 Å². The Morgan fingerprint density at radius 3 is 2.71 bits per heavy atom. The summed E-state index contributed by atoms with van der Waals surface area (Å²) in [5.41, 5.74) is 5.71. The van der Waals surface area contributed by atoms with Crippen molar-refractivity contribution in [2.24, 2.45) is 17.1 Å². The van der Waals surface area contributed by atoms with E-state index in [1.807, 2.05) is 20.8 Å². The van der Waals surface area contributed by atoms with Crippen molar-refractivity contribution in [3.63, 3.8) is 0 Å². The maximum absolute atomic E-state index is 11.9. The molecule has 1 aliphatic rings. The SMILES string of the molecule is CCC1OCCC1CNC(=O)[C@H](N)C(C)(C)C. The molecule has 3 atom stereocenters. The van der Waals surface area contributed by atoms with E-state index in [0.717, 1.165) is 19.4 Å². The van der Waals surface area contributed by atoms with Crippen molar-refractivity contribution >= 4 is 5.91 Å². The molecule has 100 valence electrons. The van der Waals surface area contributed by atoms with Crippen LogP contribution in [0.1, 0.15) is 40.5 Å². The number of amides is 1. The minimum Gasteiger partial charge on any atom is -0.378 e. The molecule has 1 fully saturated rings. The number of rotatable bonds is 4. The third kappa shape index (κ3) is 3.96. The zero-order valence-corrected chi connectivity index (χ0v) is 11.5. The zero-order chi connectivity index (χ0) is 13.1. The van der Waals surface area contributed by atoms with Gasteiger partial charge in [-0.1, -0.05) is 27.7 Å². The Morgan fingerprint density at radius 2 is 2.18 bits per heavy atom. The Bertz CT molecular complexity index is 261. The average molecular weight is 242 g/mol. The van der Waals surface area contributed by atoms with Crippen LogP contribution in [0.4, 0.5) is 0 Å². The van der Waals surface area contributed by atoms with Crippen LogP contribution < -0.4 is 11.1 Å². The number of carbonyl (C=O) groups excluding carboxylic acids is 1. The van der Waals surface area contributed by atoms with Crippen LogP contribution in [0.3, 0.4) is 0 Å². The first-order valence-electron chi connectivity index (χ1n) is 6.51. The Balaban J connectivity index is 2.38. The van der Waals surface area contributed by atoms with Gasteiger partial charge in [-0.2, -0.15) is 0 Å². The van der Waals surface area contributed by atoms with Gasteiger partial charge in [-0.05, 0) is 18.3 Å². The van der Waals surface area contributed by atoms with Crippen LogP contribution in [0.2, 0.25) is 0 Å². The maximum atomic E-state index is 11.9. The summed E-state index contributed by atoms with van der Waals surface area (Å²) in [4.78, 5) is 11.9. The van der Waals surface area contributed by atoms with Gasteiger partial charge in [0.05, 0.1) is 12.1 Å². The van der Waals surface area contributed by atoms with Crippen molar-refractivity contribution in [2.45, 2.75) is 52.7 Å². The Hall–Kier alpha value is -0.610. The second-order valence-corrected chi connectivity index (χ2v) is 5.96. The normalized spacial score (nSPS) is 26.9. The van der Waals surface area contributed by atoms with E-state index in [2.05, 4.69) is 12.2 Å². The van der Waals surface area contributed by atoms with Crippen molar-refractivity contribution in [3.8, 4) is 0 Å². The van der Waals surface area contributed by atoms with Gasteiger partial charge in [0, 0.05) is 19.1 Å². The Morgan fingerprint density at radius 1 is 1.53 bits per heavy atom. The van der Waals surface area contributed by atoms with Crippen molar-refractivity contribution < 1.29 is 9.53 Å². The number of hydrogen-bond donors (Lipinski definition) is 2. The molecule has 17 heavy (non-hydrogen) atoms. The summed E-state index contributed by atoms with van der Waals surface area (Å²) in [5.74, 6) is 0.385. The summed E-state index contributed by atoms with van der Waals surface area (Å²) in [7, 11) is 0. The molecule has 4 nitrogen and oxygen atoms in total. The molecule has 1 saturated heterocycles. The summed E-state index contributed by atoms with van der Waals surface area (Å²) in [6.07, 6.45) is 2.33. The minimum atomic E-state index is -0.454. The predicted octanol–water partition coefficient (Wildman–Crippen LogP) is 1.29. The first kappa shape index (κ1) is 14.5. The standard InChI is InChI=1S/C13H26N2O2/c1-5-10-9(6-7-17-10)8-15-12(16)11(14)13(2,3)4/h9-11H,5-8,14H2,1-4H3,(H,15,16)/t9?,10?,11-/m0/s1. The van der Waals surface area contributed by atoms with Crippen molar-refractivity contribution in [2.75, 3.05) is 13.2 Å². The quantitative estimate of drug-likeness (QED) is 0.781. The van der Waals surface area contributed by atoms with Crippen molar-refractivity contribution in [3.05, 3.63) is 0 Å². The highest BCUT2D eigenvalue weighted by molar-refractivity contribution is 5.82. The second-order valence-electron chi connectivity index (χ2n) is 5.96. The Kier molecular flexibility index (Phi) is 4.95. The summed E-state index contributed by atoms with van der Waals surface area (Å²) in [5, 5.41) is 2.95. The third-order valence-electron chi connectivity index (χ3n) is 3.50. The van der Waals surface area contributed by atoms with Gasteiger partial charge >= 0.3 is 0 Å². The molecule has 0 radical (unpaired) electrons. The van der Waals surface area contributed by atoms with Crippen LogP contribution in [0.5, 0.6) is 0 Å². The molecule has 0 aliphatic carbocycles. The molecule has 0 aromatic heterocycles. The van der Waals surface area contributed by atoms with Gasteiger partial charge in [-0.25, -0.2) is 0 Å². The maximum Gasteiger partial charge on any atom is 0.237 e. The zero-order valence-electron chi connectivity index (χ0n) is 11.5. The van der Waals surface area contributed by atoms with Gasteiger partial charge in [0.25, 0.3) is 0 Å². The fourth-order valence-electron chi connectivity index (χ4n) is 2.11. The highest BCUT2D eigenvalue weighted by Gasteiger charge is 2.30. The molecular weight excluding hydrogens is 216 g/mol. The molecule has 1 aliphatic heterocycles. The number of nitrogens with two attached hydrogens (primary N) is 1. The highest BCUT2D eigenvalue weighted by Crippen LogP contribution is 2.23. The first-order chi connectivity index (χ1) is 7.86. The van der Waals surface area contributed by atoms with Crippen LogP contribution in [0.15, 0.2) is 0 Å². The molecule has 0 aromatic rings. The molecule has 4 heteroatoms. The van der Waals surface area contributed by atoms with E-state index in [4.69, 9.17) is 10.5 Å². The summed E-state index contributed by atoms with van der Waals surface area (Å²) >= 11 is 0. The van der Waals surface area contributed by atoms with Crippen LogP contribution >= 0.6 is 0 Å². The number of hydrogen-bond acceptors (Lipinski definition) is 3. The van der Waals surface area contributed by atoms with Gasteiger partial charge in [0.2, 0.25) is 5.91 Å². The number of nitrogens with one attached hydrogen (secondary N) is 1. The smallest absolute Gasteiger partial charge is 0.237 e. The summed E-state index contributed by atoms with van der Waals surface area (Å²) in [6.45, 7) is 9.54. The molecule has 3 N–H and O–H groups in total. The molecule has 0 spiro atoms. The van der Waals surface area contributed by atoms with Gasteiger partial charge in [0.1, 0.15) is 0 Å². The van der Waals surface area contributed by atoms with Crippen molar-refractivity contribution in [1.29, 1.82) is 0 Å². The van der Waals surface area contributed by atoms with Gasteiger partial charge < -0.3 is 15.8 Å². The van der Waals surface area contributed by atoms with Crippen molar-refractivity contribution in [1.82, 2.24) is 5.32 Å². The minimum absolute atomic E-state index is 0.0562. The van der Waals surface area contributed by atoms with Crippen LogP contribution in [-0.4, -0.2) is 31.2 Å². The molecule has 1 amide bonds. The monoisotopic (exact) mass is 242 g/mol. The van der Waals surface area contributed by atoms with E-state index in [1.54, 1.807) is 0 Å². The third-order valence-corrected chi connectivity index (χ3v) is 3.50. The van der Waals surface area contributed by atoms with E-state index in [0.29, 0.717) is 18.6 Å². The van der Waals surface area contributed by atoms with E-state index >= 15 is 0 Å². The lowest BCUT2D eigenvalue weighted by atomic mass is 9.87. The molecule has 1 rings (SSSR count). The number of ether oxygens (including phenoxy) is 1. The summed E-state index contributed by atoms with van der Waals surface area (Å²) in [6, 6.07) is -0.454. The van der Waals surface area contributed by atoms with Gasteiger partial charge in [-0.3, -0.25) is 4.79 Å². The molecule has 0 bridgehead atoms. The molecular formula is C13H26N2O2. The average Bonchev–Trinajstić information content (AvgIpc) is 2.70.